The van der Waals surface area contributed by atoms with E-state index in [1.165, 1.54) is 18.2 Å². The zero-order chi connectivity index (χ0) is 14.9. The first kappa shape index (κ1) is 14.3. The fourth-order valence-electron chi connectivity index (χ4n) is 2.22. The quantitative estimate of drug-likeness (QED) is 0.432. The van der Waals surface area contributed by atoms with Gasteiger partial charge in [-0.15, -0.1) is 0 Å². The van der Waals surface area contributed by atoms with Crippen molar-refractivity contribution in [3.63, 3.8) is 0 Å². The van der Waals surface area contributed by atoms with Crippen molar-refractivity contribution >= 4 is 17.3 Å². The summed E-state index contributed by atoms with van der Waals surface area (Å²) in [4.78, 5) is 22.5. The molecule has 1 amide bonds. The van der Waals surface area contributed by atoms with Crippen molar-refractivity contribution in [2.45, 2.75) is 32.2 Å². The molecule has 1 saturated carbocycles. The molecule has 1 aliphatic rings. The first-order chi connectivity index (χ1) is 9.35. The number of carbonyl (C=O) groups excluding carboxylic acids is 1. The summed E-state index contributed by atoms with van der Waals surface area (Å²) in [6.07, 6.45) is 2.20. The van der Waals surface area contributed by atoms with E-state index in [0.29, 0.717) is 5.92 Å². The van der Waals surface area contributed by atoms with Crippen LogP contribution in [-0.2, 0) is 0 Å². The third kappa shape index (κ3) is 2.88. The maximum Gasteiger partial charge on any atom is 0.294 e. The van der Waals surface area contributed by atoms with Gasteiger partial charge in [-0.25, -0.2) is 0 Å². The summed E-state index contributed by atoms with van der Waals surface area (Å²) in [5, 5.41) is 13.9. The standard InChI is InChI=1S/C13H18N4O3/c1-13(2,9-4-5-9)15-12(18)8-3-6-10(16-14)11(7-8)17(19)20/h3,6-7,9,16H,4-5,14H2,1-2H3,(H,15,18). The van der Waals surface area contributed by atoms with Crippen LogP contribution in [0.25, 0.3) is 0 Å². The van der Waals surface area contributed by atoms with E-state index < -0.39 is 4.92 Å². The molecule has 0 radical (unpaired) electrons. The lowest BCUT2D eigenvalue weighted by atomic mass is 9.98. The molecular formula is C13H18N4O3. The summed E-state index contributed by atoms with van der Waals surface area (Å²) in [6.45, 7) is 3.93. The highest BCUT2D eigenvalue weighted by molar-refractivity contribution is 5.96. The number of nitrogens with one attached hydrogen (secondary N) is 2. The Balaban J connectivity index is 2.22. The minimum atomic E-state index is -0.571. The Morgan fingerprint density at radius 3 is 2.60 bits per heavy atom. The molecule has 0 spiro atoms. The van der Waals surface area contributed by atoms with E-state index >= 15 is 0 Å². The highest BCUT2D eigenvalue weighted by Crippen LogP contribution is 2.39. The lowest BCUT2D eigenvalue weighted by Gasteiger charge is -2.26. The SMILES string of the molecule is CC(C)(NC(=O)c1ccc(NN)c([N+](=O)[O-])c1)C1CC1. The second-order valence-electron chi connectivity index (χ2n) is 5.58. The molecule has 0 aromatic heterocycles. The van der Waals surface area contributed by atoms with E-state index in [1.807, 2.05) is 13.8 Å². The molecule has 0 bridgehead atoms. The first-order valence-corrected chi connectivity index (χ1v) is 6.42. The monoisotopic (exact) mass is 278 g/mol. The van der Waals surface area contributed by atoms with Crippen molar-refractivity contribution in [3.8, 4) is 0 Å². The summed E-state index contributed by atoms with van der Waals surface area (Å²) in [6, 6.07) is 4.17. The van der Waals surface area contributed by atoms with E-state index in [1.54, 1.807) is 0 Å². The Labute approximate surface area is 116 Å². The van der Waals surface area contributed by atoms with E-state index in [0.717, 1.165) is 12.8 Å². The van der Waals surface area contributed by atoms with Crippen molar-refractivity contribution in [1.29, 1.82) is 0 Å². The lowest BCUT2D eigenvalue weighted by Crippen LogP contribution is -2.45. The van der Waals surface area contributed by atoms with Gasteiger partial charge < -0.3 is 10.7 Å². The Morgan fingerprint density at radius 2 is 2.10 bits per heavy atom. The minimum Gasteiger partial charge on any atom is -0.347 e. The molecule has 0 unspecified atom stereocenters. The van der Waals surface area contributed by atoms with E-state index in [2.05, 4.69) is 10.7 Å². The second-order valence-corrected chi connectivity index (χ2v) is 5.58. The van der Waals surface area contributed by atoms with Gasteiger partial charge in [0.1, 0.15) is 5.69 Å². The predicted octanol–water partition coefficient (Wildman–Crippen LogP) is 1.80. The molecule has 1 aliphatic carbocycles. The van der Waals surface area contributed by atoms with Gasteiger partial charge in [-0.3, -0.25) is 20.8 Å². The molecule has 0 saturated heterocycles. The fourth-order valence-corrected chi connectivity index (χ4v) is 2.22. The molecular weight excluding hydrogens is 260 g/mol. The van der Waals surface area contributed by atoms with Gasteiger partial charge in [0, 0.05) is 17.2 Å². The number of nitrogens with two attached hydrogens (primary N) is 1. The summed E-state index contributed by atoms with van der Waals surface area (Å²) in [7, 11) is 0. The molecule has 2 rings (SSSR count). The van der Waals surface area contributed by atoms with Crippen LogP contribution in [0.4, 0.5) is 11.4 Å². The average Bonchev–Trinajstić information content (AvgIpc) is 3.21. The number of carbonyl (C=O) groups is 1. The third-order valence-corrected chi connectivity index (χ3v) is 3.65. The third-order valence-electron chi connectivity index (χ3n) is 3.65. The number of amides is 1. The summed E-state index contributed by atoms with van der Waals surface area (Å²) < 4.78 is 0. The normalized spacial score (nSPS) is 14.8. The summed E-state index contributed by atoms with van der Waals surface area (Å²) in [5.41, 5.74) is 2.16. The number of benzene rings is 1. The van der Waals surface area contributed by atoms with Crippen LogP contribution < -0.4 is 16.6 Å². The van der Waals surface area contributed by atoms with E-state index in [-0.39, 0.29) is 28.4 Å². The van der Waals surface area contributed by atoms with Crippen LogP contribution in [0.5, 0.6) is 0 Å². The molecule has 1 aromatic rings. The Kier molecular flexibility index (Phi) is 3.63. The Morgan fingerprint density at radius 1 is 1.45 bits per heavy atom. The molecule has 0 atom stereocenters. The highest BCUT2D eigenvalue weighted by atomic mass is 16.6. The number of rotatable bonds is 5. The molecule has 108 valence electrons. The predicted molar refractivity (Wildman–Crippen MR) is 75.2 cm³/mol. The van der Waals surface area contributed by atoms with Gasteiger partial charge in [0.05, 0.1) is 4.92 Å². The maximum atomic E-state index is 12.2. The van der Waals surface area contributed by atoms with Gasteiger partial charge in [0.25, 0.3) is 11.6 Å². The highest BCUT2D eigenvalue weighted by Gasteiger charge is 2.39. The smallest absolute Gasteiger partial charge is 0.294 e. The molecule has 7 nitrogen and oxygen atoms in total. The number of hydrogen-bond donors (Lipinski definition) is 3. The number of anilines is 1. The van der Waals surface area contributed by atoms with Crippen LogP contribution in [0.15, 0.2) is 18.2 Å². The topological polar surface area (TPSA) is 110 Å². The van der Waals surface area contributed by atoms with Gasteiger partial charge in [0.2, 0.25) is 0 Å². The van der Waals surface area contributed by atoms with Gasteiger partial charge >= 0.3 is 0 Å². The number of nitrogens with zero attached hydrogens (tertiary/aromatic N) is 1. The molecule has 1 aromatic carbocycles. The van der Waals surface area contributed by atoms with Crippen molar-refractivity contribution in [3.05, 3.63) is 33.9 Å². The molecule has 4 N–H and O–H groups in total. The van der Waals surface area contributed by atoms with Gasteiger partial charge in [-0.2, -0.15) is 0 Å². The van der Waals surface area contributed by atoms with Crippen molar-refractivity contribution in [2.24, 2.45) is 11.8 Å². The number of hydrazine groups is 1. The lowest BCUT2D eigenvalue weighted by molar-refractivity contribution is -0.384. The largest absolute Gasteiger partial charge is 0.347 e. The van der Waals surface area contributed by atoms with Gasteiger partial charge in [0.15, 0.2) is 0 Å². The van der Waals surface area contributed by atoms with Crippen LogP contribution >= 0.6 is 0 Å². The molecule has 20 heavy (non-hydrogen) atoms. The zero-order valence-corrected chi connectivity index (χ0v) is 11.5. The number of nitro benzene ring substituents is 1. The minimum absolute atomic E-state index is 0.174. The van der Waals surface area contributed by atoms with Crippen LogP contribution in [0, 0.1) is 16.0 Å². The number of nitrogen functional groups attached to an aromatic ring is 1. The van der Waals surface area contributed by atoms with Gasteiger partial charge in [-0.05, 0) is 44.7 Å². The molecule has 1 fully saturated rings. The number of hydrogen-bond acceptors (Lipinski definition) is 5. The Hall–Kier alpha value is -2.15. The van der Waals surface area contributed by atoms with E-state index in [9.17, 15) is 14.9 Å². The molecule has 7 heteroatoms. The number of nitro groups is 1. The summed E-state index contributed by atoms with van der Waals surface area (Å²) >= 11 is 0. The zero-order valence-electron chi connectivity index (χ0n) is 11.5. The first-order valence-electron chi connectivity index (χ1n) is 6.42. The van der Waals surface area contributed by atoms with Crippen molar-refractivity contribution in [1.82, 2.24) is 5.32 Å². The second kappa shape index (κ2) is 5.09. The van der Waals surface area contributed by atoms with Crippen LogP contribution in [0.1, 0.15) is 37.0 Å². The fraction of sp³-hybridized carbons (Fsp3) is 0.462. The maximum absolute atomic E-state index is 12.2. The van der Waals surface area contributed by atoms with Crippen molar-refractivity contribution in [2.75, 3.05) is 5.43 Å². The summed E-state index contributed by atoms with van der Waals surface area (Å²) in [5.74, 6) is 5.38. The van der Waals surface area contributed by atoms with Crippen LogP contribution in [0.2, 0.25) is 0 Å². The van der Waals surface area contributed by atoms with Crippen molar-refractivity contribution < 1.29 is 9.72 Å². The molecule has 0 heterocycles. The van der Waals surface area contributed by atoms with Gasteiger partial charge in [-0.1, -0.05) is 0 Å². The van der Waals surface area contributed by atoms with E-state index in [4.69, 9.17) is 5.84 Å². The van der Waals surface area contributed by atoms with Crippen LogP contribution in [0.3, 0.4) is 0 Å². The van der Waals surface area contributed by atoms with Crippen LogP contribution in [-0.4, -0.2) is 16.4 Å². The Bertz CT molecular complexity index is 553. The molecule has 0 aliphatic heterocycles. The average molecular weight is 278 g/mol.